The summed E-state index contributed by atoms with van der Waals surface area (Å²) in [6.07, 6.45) is 6.89. The molecule has 0 aromatic rings. The fourth-order valence-corrected chi connectivity index (χ4v) is 1.81. The molecule has 0 aliphatic heterocycles. The van der Waals surface area contributed by atoms with Crippen LogP contribution in [0.4, 0.5) is 0 Å². The second-order valence-electron chi connectivity index (χ2n) is 3.79. The maximum Gasteiger partial charge on any atom is 0.0725 e. The van der Waals surface area contributed by atoms with Crippen LogP contribution in [-0.4, -0.2) is 30.5 Å². The Morgan fingerprint density at radius 1 is 1.23 bits per heavy atom. The lowest BCUT2D eigenvalue weighted by Gasteiger charge is -2.21. The van der Waals surface area contributed by atoms with E-state index in [9.17, 15) is 0 Å². The SMILES string of the molecule is NC1CCCCCC1OCCCO. The summed E-state index contributed by atoms with van der Waals surface area (Å²) in [5, 5.41) is 8.61. The summed E-state index contributed by atoms with van der Waals surface area (Å²) in [7, 11) is 0. The van der Waals surface area contributed by atoms with Crippen molar-refractivity contribution in [1.29, 1.82) is 0 Å². The van der Waals surface area contributed by atoms with Crippen molar-refractivity contribution >= 4 is 0 Å². The molecule has 0 amide bonds. The van der Waals surface area contributed by atoms with Crippen LogP contribution in [0.25, 0.3) is 0 Å². The van der Waals surface area contributed by atoms with Crippen LogP contribution in [0.3, 0.4) is 0 Å². The molecule has 0 aromatic carbocycles. The molecule has 3 heteroatoms. The Labute approximate surface area is 80.3 Å². The van der Waals surface area contributed by atoms with Gasteiger partial charge in [-0.2, -0.15) is 0 Å². The van der Waals surface area contributed by atoms with E-state index in [2.05, 4.69) is 0 Å². The van der Waals surface area contributed by atoms with Crippen molar-refractivity contribution < 1.29 is 9.84 Å². The van der Waals surface area contributed by atoms with E-state index in [0.29, 0.717) is 6.61 Å². The zero-order valence-electron chi connectivity index (χ0n) is 8.24. The molecule has 78 valence electrons. The molecule has 1 aliphatic rings. The molecule has 3 N–H and O–H groups in total. The molecule has 3 nitrogen and oxygen atoms in total. The Kier molecular flexibility index (Phi) is 5.35. The zero-order valence-corrected chi connectivity index (χ0v) is 8.24. The highest BCUT2D eigenvalue weighted by Crippen LogP contribution is 2.19. The van der Waals surface area contributed by atoms with Crippen LogP contribution in [0.2, 0.25) is 0 Å². The highest BCUT2D eigenvalue weighted by atomic mass is 16.5. The molecule has 0 radical (unpaired) electrons. The predicted octanol–water partition coefficient (Wildman–Crippen LogP) is 1.05. The molecule has 1 rings (SSSR count). The van der Waals surface area contributed by atoms with Crippen molar-refractivity contribution in [3.8, 4) is 0 Å². The van der Waals surface area contributed by atoms with Crippen LogP contribution in [0.5, 0.6) is 0 Å². The lowest BCUT2D eigenvalue weighted by molar-refractivity contribution is 0.0239. The van der Waals surface area contributed by atoms with Crippen LogP contribution in [-0.2, 0) is 4.74 Å². The minimum atomic E-state index is 0.209. The van der Waals surface area contributed by atoms with E-state index in [1.54, 1.807) is 0 Å². The first-order chi connectivity index (χ1) is 6.34. The Morgan fingerprint density at radius 3 is 2.77 bits per heavy atom. The Balaban J connectivity index is 2.19. The third-order valence-corrected chi connectivity index (χ3v) is 2.64. The van der Waals surface area contributed by atoms with Gasteiger partial charge in [0.1, 0.15) is 0 Å². The largest absolute Gasteiger partial charge is 0.396 e. The third kappa shape index (κ3) is 4.07. The van der Waals surface area contributed by atoms with Gasteiger partial charge in [0.15, 0.2) is 0 Å². The standard InChI is InChI=1S/C10H21NO2/c11-9-5-2-1-3-6-10(9)13-8-4-7-12/h9-10,12H,1-8,11H2. The van der Waals surface area contributed by atoms with Crippen LogP contribution in [0, 0.1) is 0 Å². The number of ether oxygens (including phenoxy) is 1. The highest BCUT2D eigenvalue weighted by molar-refractivity contribution is 4.76. The molecule has 0 bridgehead atoms. The normalized spacial score (nSPS) is 30.0. The van der Waals surface area contributed by atoms with Gasteiger partial charge in [-0.15, -0.1) is 0 Å². The second kappa shape index (κ2) is 6.35. The van der Waals surface area contributed by atoms with Crippen molar-refractivity contribution in [2.24, 2.45) is 5.73 Å². The van der Waals surface area contributed by atoms with E-state index < -0.39 is 0 Å². The van der Waals surface area contributed by atoms with E-state index in [4.69, 9.17) is 15.6 Å². The first kappa shape index (κ1) is 11.0. The third-order valence-electron chi connectivity index (χ3n) is 2.64. The van der Waals surface area contributed by atoms with Gasteiger partial charge in [-0.3, -0.25) is 0 Å². The smallest absolute Gasteiger partial charge is 0.0725 e. The van der Waals surface area contributed by atoms with E-state index in [1.807, 2.05) is 0 Å². The molecular weight excluding hydrogens is 166 g/mol. The molecule has 1 fully saturated rings. The summed E-state index contributed by atoms with van der Waals surface area (Å²) in [6, 6.07) is 0.209. The van der Waals surface area contributed by atoms with Gasteiger partial charge in [0.25, 0.3) is 0 Å². The molecule has 2 unspecified atom stereocenters. The second-order valence-corrected chi connectivity index (χ2v) is 3.79. The maximum atomic E-state index is 8.61. The average molecular weight is 187 g/mol. The van der Waals surface area contributed by atoms with Crippen molar-refractivity contribution in [1.82, 2.24) is 0 Å². The summed E-state index contributed by atoms with van der Waals surface area (Å²) in [5.74, 6) is 0. The Morgan fingerprint density at radius 2 is 2.00 bits per heavy atom. The molecule has 0 spiro atoms. The summed E-state index contributed by atoms with van der Waals surface area (Å²) < 4.78 is 5.63. The van der Waals surface area contributed by atoms with E-state index in [1.165, 1.54) is 19.3 Å². The fraction of sp³-hybridized carbons (Fsp3) is 1.00. The van der Waals surface area contributed by atoms with Gasteiger partial charge in [-0.25, -0.2) is 0 Å². The number of hydrogen-bond donors (Lipinski definition) is 2. The number of hydrogen-bond acceptors (Lipinski definition) is 3. The van der Waals surface area contributed by atoms with Gasteiger partial charge in [-0.1, -0.05) is 19.3 Å². The molecule has 0 aromatic heterocycles. The molecule has 1 aliphatic carbocycles. The number of rotatable bonds is 4. The van der Waals surface area contributed by atoms with E-state index >= 15 is 0 Å². The van der Waals surface area contributed by atoms with Crippen LogP contribution < -0.4 is 5.73 Å². The summed E-state index contributed by atoms with van der Waals surface area (Å²) in [6.45, 7) is 0.858. The fourth-order valence-electron chi connectivity index (χ4n) is 1.81. The molecule has 13 heavy (non-hydrogen) atoms. The Bertz CT molecular complexity index is 130. The van der Waals surface area contributed by atoms with Crippen molar-refractivity contribution in [2.45, 2.75) is 50.7 Å². The van der Waals surface area contributed by atoms with E-state index in [-0.39, 0.29) is 18.8 Å². The van der Waals surface area contributed by atoms with Gasteiger partial charge >= 0.3 is 0 Å². The summed E-state index contributed by atoms with van der Waals surface area (Å²) in [4.78, 5) is 0. The van der Waals surface area contributed by atoms with Gasteiger partial charge in [-0.05, 0) is 19.3 Å². The molecule has 0 saturated heterocycles. The van der Waals surface area contributed by atoms with Crippen molar-refractivity contribution in [3.63, 3.8) is 0 Å². The van der Waals surface area contributed by atoms with Crippen LogP contribution in [0.15, 0.2) is 0 Å². The first-order valence-electron chi connectivity index (χ1n) is 5.32. The Hall–Kier alpha value is -0.120. The molecule has 2 atom stereocenters. The van der Waals surface area contributed by atoms with Crippen molar-refractivity contribution in [3.05, 3.63) is 0 Å². The van der Waals surface area contributed by atoms with Crippen molar-refractivity contribution in [2.75, 3.05) is 13.2 Å². The average Bonchev–Trinajstić information content (AvgIpc) is 2.32. The molecular formula is C10H21NO2. The minimum Gasteiger partial charge on any atom is -0.396 e. The summed E-state index contributed by atoms with van der Waals surface area (Å²) in [5.41, 5.74) is 5.97. The first-order valence-corrected chi connectivity index (χ1v) is 5.32. The minimum absolute atomic E-state index is 0.209. The van der Waals surface area contributed by atoms with E-state index in [0.717, 1.165) is 19.3 Å². The predicted molar refractivity (Wildman–Crippen MR) is 52.5 cm³/mol. The molecule has 1 saturated carbocycles. The summed E-state index contributed by atoms with van der Waals surface area (Å²) >= 11 is 0. The lowest BCUT2D eigenvalue weighted by atomic mass is 10.1. The molecule has 0 heterocycles. The highest BCUT2D eigenvalue weighted by Gasteiger charge is 2.20. The monoisotopic (exact) mass is 187 g/mol. The lowest BCUT2D eigenvalue weighted by Crippen LogP contribution is -2.36. The van der Waals surface area contributed by atoms with Gasteiger partial charge in [0.05, 0.1) is 6.10 Å². The van der Waals surface area contributed by atoms with Gasteiger partial charge in [0.2, 0.25) is 0 Å². The van der Waals surface area contributed by atoms with Crippen LogP contribution >= 0.6 is 0 Å². The number of aliphatic hydroxyl groups excluding tert-OH is 1. The number of nitrogens with two attached hydrogens (primary N) is 1. The number of aliphatic hydroxyl groups is 1. The maximum absolute atomic E-state index is 8.61. The van der Waals surface area contributed by atoms with Gasteiger partial charge in [0, 0.05) is 19.3 Å². The topological polar surface area (TPSA) is 55.5 Å². The quantitative estimate of drug-likeness (QED) is 0.511. The van der Waals surface area contributed by atoms with Gasteiger partial charge < -0.3 is 15.6 Å². The zero-order chi connectivity index (χ0) is 9.52. The van der Waals surface area contributed by atoms with Crippen LogP contribution in [0.1, 0.15) is 38.5 Å².